The number of ether oxygens (including phenoxy) is 2. The monoisotopic (exact) mass is 373 g/mol. The van der Waals surface area contributed by atoms with Crippen LogP contribution in [-0.4, -0.2) is 36.7 Å². The average molecular weight is 373 g/mol. The lowest BCUT2D eigenvalue weighted by Crippen LogP contribution is -2.17. The van der Waals surface area contributed by atoms with Gasteiger partial charge in [0, 0.05) is 5.56 Å². The number of unbranched alkanes of at least 4 members (excludes halogenated alkanes) is 5. The van der Waals surface area contributed by atoms with E-state index < -0.39 is 0 Å². The summed E-state index contributed by atoms with van der Waals surface area (Å²) in [6.07, 6.45) is 9.62. The second kappa shape index (κ2) is 9.90. The van der Waals surface area contributed by atoms with Crippen molar-refractivity contribution < 1.29 is 24.3 Å². The number of rotatable bonds is 10. The summed E-state index contributed by atoms with van der Waals surface area (Å²) in [7, 11) is 2.87. The molecule has 0 unspecified atom stereocenters. The zero-order valence-electron chi connectivity index (χ0n) is 16.2. The zero-order valence-corrected chi connectivity index (χ0v) is 16.2. The topological polar surface area (TPSA) is 85.2 Å². The van der Waals surface area contributed by atoms with Crippen LogP contribution < -0.4 is 9.47 Å². The SMILES string of the molecule is CCCCCCCCC(=NO)c1cc(OC)c2c(c1OC)C(=O)C=CC2=O. The largest absolute Gasteiger partial charge is 0.496 e. The van der Waals surface area contributed by atoms with Crippen molar-refractivity contribution in [2.45, 2.75) is 51.9 Å². The summed E-state index contributed by atoms with van der Waals surface area (Å²) in [5.74, 6) is -0.136. The van der Waals surface area contributed by atoms with Crippen molar-refractivity contribution in [3.05, 3.63) is 34.9 Å². The van der Waals surface area contributed by atoms with E-state index in [1.165, 1.54) is 45.6 Å². The smallest absolute Gasteiger partial charge is 0.190 e. The van der Waals surface area contributed by atoms with Gasteiger partial charge >= 0.3 is 0 Å². The van der Waals surface area contributed by atoms with E-state index in [-0.39, 0.29) is 34.2 Å². The molecule has 1 aliphatic rings. The third-order valence-electron chi connectivity index (χ3n) is 4.75. The van der Waals surface area contributed by atoms with Crippen molar-refractivity contribution in [1.82, 2.24) is 0 Å². The molecule has 6 heteroatoms. The van der Waals surface area contributed by atoms with Crippen molar-refractivity contribution in [2.75, 3.05) is 14.2 Å². The van der Waals surface area contributed by atoms with Gasteiger partial charge in [0.05, 0.1) is 31.1 Å². The lowest BCUT2D eigenvalue weighted by Gasteiger charge is -2.20. The Morgan fingerprint density at radius 1 is 0.963 bits per heavy atom. The first-order valence-electron chi connectivity index (χ1n) is 9.36. The number of hydrogen-bond acceptors (Lipinski definition) is 6. The molecule has 2 rings (SSSR count). The normalized spacial score (nSPS) is 13.7. The van der Waals surface area contributed by atoms with E-state index in [2.05, 4.69) is 12.1 Å². The van der Waals surface area contributed by atoms with Gasteiger partial charge in [-0.25, -0.2) is 0 Å². The molecule has 1 N–H and O–H groups in total. The van der Waals surface area contributed by atoms with Crippen molar-refractivity contribution in [2.24, 2.45) is 5.16 Å². The van der Waals surface area contributed by atoms with Gasteiger partial charge in [-0.2, -0.15) is 0 Å². The molecule has 0 saturated heterocycles. The number of carbonyl (C=O) groups is 2. The Balaban J connectivity index is 2.34. The Bertz CT molecular complexity index is 764. The Kier molecular flexibility index (Phi) is 7.58. The number of allylic oxidation sites excluding steroid dienone is 2. The molecule has 0 heterocycles. The molecule has 0 fully saturated rings. The minimum Gasteiger partial charge on any atom is -0.496 e. The summed E-state index contributed by atoms with van der Waals surface area (Å²) in [6.45, 7) is 2.17. The number of nitrogens with zero attached hydrogens (tertiary/aromatic N) is 1. The highest BCUT2D eigenvalue weighted by molar-refractivity contribution is 6.25. The maximum absolute atomic E-state index is 12.4. The van der Waals surface area contributed by atoms with Crippen LogP contribution in [0.5, 0.6) is 11.5 Å². The molecule has 1 aromatic rings. The first-order chi connectivity index (χ1) is 13.1. The Hall–Kier alpha value is -2.63. The molecule has 0 aromatic heterocycles. The van der Waals surface area contributed by atoms with Crippen LogP contribution in [0.2, 0.25) is 0 Å². The van der Waals surface area contributed by atoms with Gasteiger partial charge in [-0.3, -0.25) is 9.59 Å². The van der Waals surface area contributed by atoms with Crippen LogP contribution in [0.1, 0.15) is 78.1 Å². The number of hydrogen-bond donors (Lipinski definition) is 1. The summed E-state index contributed by atoms with van der Waals surface area (Å²) < 4.78 is 10.8. The van der Waals surface area contributed by atoms with E-state index in [4.69, 9.17) is 9.47 Å². The lowest BCUT2D eigenvalue weighted by atomic mass is 9.88. The molecule has 27 heavy (non-hydrogen) atoms. The molecule has 0 bridgehead atoms. The molecule has 0 radical (unpaired) electrons. The van der Waals surface area contributed by atoms with Gasteiger partial charge in [0.1, 0.15) is 11.5 Å². The predicted octanol–water partition coefficient (Wildman–Crippen LogP) is 4.57. The van der Waals surface area contributed by atoms with E-state index in [1.54, 1.807) is 6.07 Å². The molecule has 0 spiro atoms. The average Bonchev–Trinajstić information content (AvgIpc) is 2.69. The maximum atomic E-state index is 12.4. The summed E-state index contributed by atoms with van der Waals surface area (Å²) in [5, 5.41) is 13.0. The summed E-state index contributed by atoms with van der Waals surface area (Å²) in [4.78, 5) is 24.7. The van der Waals surface area contributed by atoms with Gasteiger partial charge in [-0.05, 0) is 31.1 Å². The van der Waals surface area contributed by atoms with Gasteiger partial charge in [-0.15, -0.1) is 0 Å². The van der Waals surface area contributed by atoms with E-state index in [1.807, 2.05) is 0 Å². The highest BCUT2D eigenvalue weighted by atomic mass is 16.5. The molecular formula is C21H27NO5. The highest BCUT2D eigenvalue weighted by Gasteiger charge is 2.31. The van der Waals surface area contributed by atoms with Gasteiger partial charge in [0.2, 0.25) is 0 Å². The third-order valence-corrected chi connectivity index (χ3v) is 4.75. The zero-order chi connectivity index (χ0) is 19.8. The molecule has 0 amide bonds. The number of benzene rings is 1. The number of methoxy groups -OCH3 is 2. The van der Waals surface area contributed by atoms with Crippen LogP contribution in [0.15, 0.2) is 23.4 Å². The Morgan fingerprint density at radius 2 is 1.59 bits per heavy atom. The van der Waals surface area contributed by atoms with Gasteiger partial charge < -0.3 is 14.7 Å². The van der Waals surface area contributed by atoms with Crippen LogP contribution in [0.4, 0.5) is 0 Å². The van der Waals surface area contributed by atoms with Crippen molar-refractivity contribution in [3.63, 3.8) is 0 Å². The van der Waals surface area contributed by atoms with E-state index in [0.717, 1.165) is 19.3 Å². The second-order valence-electron chi connectivity index (χ2n) is 6.54. The van der Waals surface area contributed by atoms with Crippen molar-refractivity contribution in [1.29, 1.82) is 0 Å². The first kappa shape index (κ1) is 20.7. The standard InChI is InChI=1S/C21H27NO5/c1-4-5-6-7-8-9-10-15(22-25)14-13-18(26-2)19-16(23)11-12-17(24)20(19)21(14)27-3/h11-13,25H,4-10H2,1-3H3. The van der Waals surface area contributed by atoms with Crippen LogP contribution in [0.25, 0.3) is 0 Å². The minimum absolute atomic E-state index is 0.156. The molecule has 6 nitrogen and oxygen atoms in total. The van der Waals surface area contributed by atoms with Crippen molar-refractivity contribution >= 4 is 17.3 Å². The summed E-state index contributed by atoms with van der Waals surface area (Å²) >= 11 is 0. The Morgan fingerprint density at radius 3 is 2.19 bits per heavy atom. The number of ketones is 2. The molecule has 1 aliphatic carbocycles. The van der Waals surface area contributed by atoms with Crippen LogP contribution in [0, 0.1) is 0 Å². The number of oxime groups is 1. The second-order valence-corrected chi connectivity index (χ2v) is 6.54. The fourth-order valence-electron chi connectivity index (χ4n) is 3.34. The molecule has 0 aliphatic heterocycles. The van der Waals surface area contributed by atoms with E-state index >= 15 is 0 Å². The van der Waals surface area contributed by atoms with E-state index in [0.29, 0.717) is 17.7 Å². The molecular weight excluding hydrogens is 346 g/mol. The van der Waals surface area contributed by atoms with Gasteiger partial charge in [-0.1, -0.05) is 44.2 Å². The molecule has 0 saturated carbocycles. The summed E-state index contributed by atoms with van der Waals surface area (Å²) in [5.41, 5.74) is 1.23. The quantitative estimate of drug-likeness (QED) is 0.281. The first-order valence-corrected chi connectivity index (χ1v) is 9.36. The molecule has 146 valence electrons. The molecule has 1 aromatic carbocycles. The van der Waals surface area contributed by atoms with Crippen LogP contribution >= 0.6 is 0 Å². The number of fused-ring (bicyclic) bond motifs is 1. The highest BCUT2D eigenvalue weighted by Crippen LogP contribution is 2.38. The van der Waals surface area contributed by atoms with Gasteiger partial charge in [0.25, 0.3) is 0 Å². The fourth-order valence-corrected chi connectivity index (χ4v) is 3.34. The minimum atomic E-state index is -0.335. The van der Waals surface area contributed by atoms with Crippen molar-refractivity contribution in [3.8, 4) is 11.5 Å². The fraction of sp³-hybridized carbons (Fsp3) is 0.476. The third kappa shape index (κ3) is 4.56. The molecule has 0 atom stereocenters. The Labute approximate surface area is 159 Å². The number of carbonyl (C=O) groups excluding carboxylic acids is 2. The van der Waals surface area contributed by atoms with E-state index in [9.17, 15) is 14.8 Å². The van der Waals surface area contributed by atoms with Crippen LogP contribution in [0.3, 0.4) is 0 Å². The predicted molar refractivity (Wildman–Crippen MR) is 104 cm³/mol. The maximum Gasteiger partial charge on any atom is 0.190 e. The van der Waals surface area contributed by atoms with Crippen LogP contribution in [-0.2, 0) is 0 Å². The van der Waals surface area contributed by atoms with Gasteiger partial charge in [0.15, 0.2) is 11.6 Å². The summed E-state index contributed by atoms with van der Waals surface area (Å²) in [6, 6.07) is 1.61. The lowest BCUT2D eigenvalue weighted by molar-refractivity contribution is 0.0989.